The Morgan fingerprint density at radius 2 is 1.67 bits per heavy atom. The van der Waals surface area contributed by atoms with Gasteiger partial charge >= 0.3 is 0 Å². The van der Waals surface area contributed by atoms with E-state index in [-0.39, 0.29) is 16.8 Å². The zero-order valence-electron chi connectivity index (χ0n) is 25.1. The van der Waals surface area contributed by atoms with Crippen molar-refractivity contribution in [2.45, 2.75) is 47.6 Å². The lowest BCUT2D eigenvalue weighted by Crippen LogP contribution is -2.42. The van der Waals surface area contributed by atoms with Crippen molar-refractivity contribution >= 4 is 43.8 Å². The van der Waals surface area contributed by atoms with Gasteiger partial charge in [0, 0.05) is 61.2 Å². The molecular formula is C32H36F2N6O4S. The predicted molar refractivity (Wildman–Crippen MR) is 169 cm³/mol. The van der Waals surface area contributed by atoms with Crippen LogP contribution in [-0.4, -0.2) is 81.9 Å². The molecule has 0 radical (unpaired) electrons. The van der Waals surface area contributed by atoms with Crippen molar-refractivity contribution in [2.75, 3.05) is 55.9 Å². The molecule has 4 aromatic rings. The number of sulfone groups is 1. The van der Waals surface area contributed by atoms with Crippen LogP contribution in [0.1, 0.15) is 36.0 Å². The van der Waals surface area contributed by atoms with Crippen molar-refractivity contribution in [3.05, 3.63) is 71.8 Å². The number of anilines is 3. The minimum absolute atomic E-state index is 0.129. The van der Waals surface area contributed by atoms with Gasteiger partial charge < -0.3 is 25.2 Å². The maximum absolute atomic E-state index is 13.8. The molecule has 3 aromatic carbocycles. The second kappa shape index (κ2) is 12.7. The number of H-pyrrole nitrogens is 1. The third kappa shape index (κ3) is 6.65. The Labute approximate surface area is 260 Å². The smallest absolute Gasteiger partial charge is 0.258 e. The van der Waals surface area contributed by atoms with E-state index in [0.717, 1.165) is 56.6 Å². The summed E-state index contributed by atoms with van der Waals surface area (Å²) in [4.78, 5) is 17.7. The first-order chi connectivity index (χ1) is 21.6. The molecule has 2 fully saturated rings. The van der Waals surface area contributed by atoms with Crippen LogP contribution in [0.15, 0.2) is 64.4 Å². The van der Waals surface area contributed by atoms with E-state index in [4.69, 9.17) is 4.74 Å². The average Bonchev–Trinajstić information content (AvgIpc) is 3.43. The van der Waals surface area contributed by atoms with Gasteiger partial charge in [0.05, 0.1) is 20.9 Å². The number of nitrogens with one attached hydrogen (secondary N) is 3. The lowest BCUT2D eigenvalue weighted by Gasteiger charge is -2.37. The molecule has 0 aliphatic carbocycles. The highest BCUT2D eigenvalue weighted by Gasteiger charge is 2.25. The Morgan fingerprint density at radius 1 is 0.956 bits per heavy atom. The van der Waals surface area contributed by atoms with Crippen molar-refractivity contribution in [3.8, 4) is 0 Å². The number of hydrogen-bond donors (Lipinski definition) is 3. The maximum atomic E-state index is 13.8. The third-order valence-electron chi connectivity index (χ3n) is 8.61. The number of benzene rings is 3. The third-order valence-corrected chi connectivity index (χ3v) is 10.3. The minimum atomic E-state index is -4.26. The second-order valence-electron chi connectivity index (χ2n) is 11.8. The van der Waals surface area contributed by atoms with Crippen LogP contribution in [0.2, 0.25) is 0 Å². The molecule has 13 heteroatoms. The maximum Gasteiger partial charge on any atom is 0.258 e. The molecule has 6 rings (SSSR count). The van der Waals surface area contributed by atoms with E-state index in [0.29, 0.717) is 47.5 Å². The number of aromatic nitrogens is 2. The SMILES string of the molecule is CN(C)C1CCN(c2ccc(C(=O)Nc3n[nH]c4ccc(S(=O)(=O)c5cc(F)cc(F)c5)cc34)c(NC3CCOCC3)c2)CC1. The average molecular weight is 639 g/mol. The summed E-state index contributed by atoms with van der Waals surface area (Å²) in [5, 5.41) is 13.8. The Bertz CT molecular complexity index is 1800. The van der Waals surface area contributed by atoms with Gasteiger partial charge in [-0.15, -0.1) is 0 Å². The molecule has 2 saturated heterocycles. The van der Waals surface area contributed by atoms with E-state index >= 15 is 0 Å². The van der Waals surface area contributed by atoms with Crippen molar-refractivity contribution in [1.82, 2.24) is 15.1 Å². The molecule has 2 aliphatic rings. The zero-order chi connectivity index (χ0) is 31.7. The summed E-state index contributed by atoms with van der Waals surface area (Å²) in [5.41, 5.74) is 2.63. The van der Waals surface area contributed by atoms with Crippen LogP contribution in [0.5, 0.6) is 0 Å². The van der Waals surface area contributed by atoms with Crippen molar-refractivity contribution < 1.29 is 26.7 Å². The van der Waals surface area contributed by atoms with Crippen molar-refractivity contribution in [3.63, 3.8) is 0 Å². The largest absolute Gasteiger partial charge is 0.381 e. The van der Waals surface area contributed by atoms with E-state index in [9.17, 15) is 22.0 Å². The molecule has 0 unspecified atom stereocenters. The summed E-state index contributed by atoms with van der Waals surface area (Å²) in [6, 6.07) is 12.7. The number of hydrogen-bond acceptors (Lipinski definition) is 8. The summed E-state index contributed by atoms with van der Waals surface area (Å²) >= 11 is 0. The predicted octanol–water partition coefficient (Wildman–Crippen LogP) is 5.05. The highest BCUT2D eigenvalue weighted by Crippen LogP contribution is 2.32. The fourth-order valence-corrected chi connectivity index (χ4v) is 7.33. The van der Waals surface area contributed by atoms with Crippen LogP contribution in [0.25, 0.3) is 10.9 Å². The molecule has 0 atom stereocenters. The highest BCUT2D eigenvalue weighted by molar-refractivity contribution is 7.91. The molecule has 3 heterocycles. The number of ether oxygens (including phenoxy) is 1. The van der Waals surface area contributed by atoms with Gasteiger partial charge in [-0.25, -0.2) is 17.2 Å². The molecule has 238 valence electrons. The first-order valence-electron chi connectivity index (χ1n) is 15.0. The summed E-state index contributed by atoms with van der Waals surface area (Å²) in [5.74, 6) is -2.29. The van der Waals surface area contributed by atoms with Gasteiger partial charge in [0.1, 0.15) is 11.6 Å². The van der Waals surface area contributed by atoms with Crippen LogP contribution in [0.3, 0.4) is 0 Å². The van der Waals surface area contributed by atoms with E-state index in [1.54, 1.807) is 6.07 Å². The van der Waals surface area contributed by atoms with Crippen molar-refractivity contribution in [1.29, 1.82) is 0 Å². The van der Waals surface area contributed by atoms with Gasteiger partial charge in [0.15, 0.2) is 5.82 Å². The van der Waals surface area contributed by atoms with Gasteiger partial charge in [-0.1, -0.05) is 0 Å². The molecule has 0 spiro atoms. The number of rotatable bonds is 8. The standard InChI is InChI=1S/C32H36F2N6O4S/c1-39(2)23-7-11-40(12-8-23)24-3-5-27(30(18-24)35-22-9-13-44-14-10-22)32(41)36-31-28-19-25(4-6-29(28)37-38-31)45(42,43)26-16-20(33)15-21(34)17-26/h3-6,15-19,22-23,35H,7-14H2,1-2H3,(H2,36,37,38,41). The molecule has 10 nitrogen and oxygen atoms in total. The Morgan fingerprint density at radius 3 is 2.36 bits per heavy atom. The number of nitrogens with zero attached hydrogens (tertiary/aromatic N) is 3. The van der Waals surface area contributed by atoms with E-state index in [1.807, 2.05) is 12.1 Å². The highest BCUT2D eigenvalue weighted by atomic mass is 32.2. The number of aromatic amines is 1. The fraction of sp³-hybridized carbons (Fsp3) is 0.375. The van der Waals surface area contributed by atoms with E-state index in [2.05, 4.69) is 44.7 Å². The topological polar surface area (TPSA) is 120 Å². The number of piperidine rings is 1. The number of carbonyl (C=O) groups excluding carboxylic acids is 1. The van der Waals surface area contributed by atoms with Gasteiger partial charge in [-0.3, -0.25) is 9.89 Å². The summed E-state index contributed by atoms with van der Waals surface area (Å²) in [6.07, 6.45) is 3.73. The molecule has 0 bridgehead atoms. The number of fused-ring (bicyclic) bond motifs is 1. The van der Waals surface area contributed by atoms with Gasteiger partial charge in [0.2, 0.25) is 9.84 Å². The summed E-state index contributed by atoms with van der Waals surface area (Å²) in [7, 11) is -0.0424. The molecule has 1 amide bonds. The summed E-state index contributed by atoms with van der Waals surface area (Å²) < 4.78 is 59.6. The number of carbonyl (C=O) groups is 1. The first kappa shape index (κ1) is 30.9. The molecule has 2 aliphatic heterocycles. The lowest BCUT2D eigenvalue weighted by atomic mass is 10.0. The Hall–Kier alpha value is -4.07. The Kier molecular flexibility index (Phi) is 8.76. The molecule has 0 saturated carbocycles. The van der Waals surface area contributed by atoms with E-state index in [1.165, 1.54) is 18.2 Å². The number of halogens is 2. The molecule has 45 heavy (non-hydrogen) atoms. The van der Waals surface area contributed by atoms with E-state index < -0.39 is 32.3 Å². The van der Waals surface area contributed by atoms with Gasteiger partial charge in [-0.05, 0) is 88.3 Å². The van der Waals surface area contributed by atoms with Crippen LogP contribution in [-0.2, 0) is 14.6 Å². The Balaban J connectivity index is 1.28. The summed E-state index contributed by atoms with van der Waals surface area (Å²) in [6.45, 7) is 3.11. The fourth-order valence-electron chi connectivity index (χ4n) is 6.00. The second-order valence-corrected chi connectivity index (χ2v) is 13.7. The number of amides is 1. The van der Waals surface area contributed by atoms with Crippen molar-refractivity contribution in [2.24, 2.45) is 0 Å². The lowest BCUT2D eigenvalue weighted by molar-refractivity contribution is 0.0904. The molecule has 1 aromatic heterocycles. The zero-order valence-corrected chi connectivity index (χ0v) is 26.0. The normalized spacial score (nSPS) is 16.8. The minimum Gasteiger partial charge on any atom is -0.381 e. The first-order valence-corrected chi connectivity index (χ1v) is 16.5. The van der Waals surface area contributed by atoms with Gasteiger partial charge in [-0.2, -0.15) is 5.10 Å². The molecular weight excluding hydrogens is 602 g/mol. The quantitative estimate of drug-likeness (QED) is 0.246. The molecule has 3 N–H and O–H groups in total. The van der Waals surface area contributed by atoms with Gasteiger partial charge in [0.25, 0.3) is 5.91 Å². The monoisotopic (exact) mass is 638 g/mol. The van der Waals surface area contributed by atoms with Crippen LogP contribution < -0.4 is 15.5 Å². The van der Waals surface area contributed by atoms with Crippen LogP contribution >= 0.6 is 0 Å². The van der Waals surface area contributed by atoms with Crippen LogP contribution in [0, 0.1) is 11.6 Å². The van der Waals surface area contributed by atoms with Crippen LogP contribution in [0.4, 0.5) is 26.0 Å².